The minimum atomic E-state index is -0.689. The Morgan fingerprint density at radius 3 is 2.27 bits per heavy atom. The summed E-state index contributed by atoms with van der Waals surface area (Å²) in [6.45, 7) is 3.69. The molecule has 33 heavy (non-hydrogen) atoms. The highest BCUT2D eigenvalue weighted by atomic mass is 16.5. The molecular weight excluding hydrogens is 414 g/mol. The zero-order valence-electron chi connectivity index (χ0n) is 19.4. The molecule has 6 heteroatoms. The van der Waals surface area contributed by atoms with Crippen LogP contribution >= 0.6 is 0 Å². The quantitative estimate of drug-likeness (QED) is 0.575. The van der Waals surface area contributed by atoms with Gasteiger partial charge < -0.3 is 9.64 Å². The van der Waals surface area contributed by atoms with Crippen molar-refractivity contribution in [1.29, 1.82) is 0 Å². The van der Waals surface area contributed by atoms with E-state index in [1.165, 1.54) is 5.56 Å². The Morgan fingerprint density at radius 1 is 0.939 bits per heavy atom. The first-order valence-corrected chi connectivity index (χ1v) is 12.1. The molecule has 2 saturated heterocycles. The lowest BCUT2D eigenvalue weighted by Crippen LogP contribution is -2.56. The Bertz CT molecular complexity index is 979. The fraction of sp³-hybridized carbons (Fsp3) is 0.481. The molecule has 0 radical (unpaired) electrons. The summed E-state index contributed by atoms with van der Waals surface area (Å²) in [5.74, 6) is 1.35. The molecule has 3 fully saturated rings. The van der Waals surface area contributed by atoms with Gasteiger partial charge >= 0.3 is 6.03 Å². The van der Waals surface area contributed by atoms with Crippen molar-refractivity contribution >= 4 is 11.9 Å². The maximum absolute atomic E-state index is 13.7. The fourth-order valence-electron chi connectivity index (χ4n) is 5.25. The molecule has 0 atom stereocenters. The number of ether oxygens (including phenoxy) is 1. The first-order valence-electron chi connectivity index (χ1n) is 12.1. The average molecular weight is 448 g/mol. The molecular formula is C27H33N3O3. The van der Waals surface area contributed by atoms with Crippen molar-refractivity contribution in [2.24, 2.45) is 5.92 Å². The first kappa shape index (κ1) is 22.0. The number of carbonyl (C=O) groups excluding carboxylic acids is 2. The van der Waals surface area contributed by atoms with Gasteiger partial charge in [-0.3, -0.25) is 14.6 Å². The third kappa shape index (κ3) is 4.49. The van der Waals surface area contributed by atoms with Gasteiger partial charge in [0.1, 0.15) is 11.3 Å². The number of amides is 3. The second-order valence-electron chi connectivity index (χ2n) is 9.68. The molecule has 2 aliphatic heterocycles. The molecule has 1 spiro atoms. The number of carbonyl (C=O) groups is 2. The minimum Gasteiger partial charge on any atom is -0.497 e. The number of rotatable bonds is 8. The van der Waals surface area contributed by atoms with Crippen LogP contribution in [0.5, 0.6) is 5.75 Å². The smallest absolute Gasteiger partial charge is 0.327 e. The van der Waals surface area contributed by atoms with E-state index < -0.39 is 5.54 Å². The predicted molar refractivity (Wildman–Crippen MR) is 127 cm³/mol. The van der Waals surface area contributed by atoms with E-state index in [1.54, 1.807) is 12.0 Å². The summed E-state index contributed by atoms with van der Waals surface area (Å²) in [6.07, 6.45) is 4.39. The molecule has 1 aliphatic carbocycles. The van der Waals surface area contributed by atoms with Gasteiger partial charge in [-0.25, -0.2) is 4.79 Å². The summed E-state index contributed by atoms with van der Waals surface area (Å²) in [6, 6.07) is 18.3. The van der Waals surface area contributed by atoms with Crippen LogP contribution in [-0.2, 0) is 17.8 Å². The van der Waals surface area contributed by atoms with Crippen molar-refractivity contribution in [1.82, 2.24) is 14.7 Å². The van der Waals surface area contributed by atoms with Crippen molar-refractivity contribution in [3.05, 3.63) is 65.7 Å². The Balaban J connectivity index is 1.31. The molecule has 3 amide bonds. The summed E-state index contributed by atoms with van der Waals surface area (Å²) in [4.78, 5) is 33.0. The monoisotopic (exact) mass is 447 g/mol. The number of urea groups is 1. The van der Waals surface area contributed by atoms with Crippen molar-refractivity contribution in [3.8, 4) is 5.75 Å². The number of imide groups is 1. The highest BCUT2D eigenvalue weighted by Crippen LogP contribution is 2.40. The number of methoxy groups -OCH3 is 1. The van der Waals surface area contributed by atoms with Gasteiger partial charge in [0.2, 0.25) is 0 Å². The van der Waals surface area contributed by atoms with E-state index in [9.17, 15) is 9.59 Å². The highest BCUT2D eigenvalue weighted by Gasteiger charge is 2.58. The van der Waals surface area contributed by atoms with E-state index in [1.807, 2.05) is 35.2 Å². The van der Waals surface area contributed by atoms with Gasteiger partial charge in [0.15, 0.2) is 0 Å². The Kier molecular flexibility index (Phi) is 6.11. The second kappa shape index (κ2) is 9.18. The number of likely N-dealkylation sites (tertiary alicyclic amines) is 1. The number of benzene rings is 2. The van der Waals surface area contributed by atoms with E-state index in [0.717, 1.165) is 50.2 Å². The van der Waals surface area contributed by atoms with Crippen LogP contribution in [0.25, 0.3) is 0 Å². The highest BCUT2D eigenvalue weighted by molar-refractivity contribution is 6.07. The summed E-state index contributed by atoms with van der Waals surface area (Å²) in [5.41, 5.74) is 1.74. The van der Waals surface area contributed by atoms with E-state index in [4.69, 9.17) is 4.74 Å². The second-order valence-corrected chi connectivity index (χ2v) is 9.68. The lowest BCUT2D eigenvalue weighted by Gasteiger charge is -2.42. The van der Waals surface area contributed by atoms with E-state index in [-0.39, 0.29) is 11.9 Å². The molecule has 1 saturated carbocycles. The zero-order chi connectivity index (χ0) is 22.8. The van der Waals surface area contributed by atoms with Gasteiger partial charge in [-0.1, -0.05) is 42.5 Å². The minimum absolute atomic E-state index is 0.0356. The van der Waals surface area contributed by atoms with E-state index in [0.29, 0.717) is 31.8 Å². The largest absolute Gasteiger partial charge is 0.497 e. The normalized spacial score (nSPS) is 20.6. The standard InChI is InChI=1S/C27H33N3O3/c1-33-24-11-9-21(10-12-24)13-16-30-26(32)29(20-23-7-8-23)25(31)27(30)14-17-28(18-15-27)19-22-5-3-2-4-6-22/h2-6,9-12,23H,7-8,13-20H2,1H3. The maximum Gasteiger partial charge on any atom is 0.327 e. The molecule has 0 aromatic heterocycles. The van der Waals surface area contributed by atoms with Crippen LogP contribution in [-0.4, -0.2) is 65.5 Å². The van der Waals surface area contributed by atoms with Gasteiger partial charge in [-0.05, 0) is 61.3 Å². The van der Waals surface area contributed by atoms with Gasteiger partial charge in [0, 0.05) is 32.7 Å². The molecule has 174 valence electrons. The molecule has 2 aromatic rings. The van der Waals surface area contributed by atoms with Crippen LogP contribution in [0.1, 0.15) is 36.8 Å². The lowest BCUT2D eigenvalue weighted by molar-refractivity contribution is -0.135. The maximum atomic E-state index is 13.7. The third-order valence-corrected chi connectivity index (χ3v) is 7.47. The molecule has 5 rings (SSSR count). The number of hydrogen-bond acceptors (Lipinski definition) is 4. The van der Waals surface area contributed by atoms with Gasteiger partial charge in [0.05, 0.1) is 7.11 Å². The number of hydrogen-bond donors (Lipinski definition) is 0. The molecule has 3 aliphatic rings. The van der Waals surface area contributed by atoms with Crippen LogP contribution in [0.2, 0.25) is 0 Å². The SMILES string of the molecule is COc1ccc(CCN2C(=O)N(CC3CC3)C(=O)C23CCN(Cc2ccccc2)CC3)cc1. The molecule has 6 nitrogen and oxygen atoms in total. The third-order valence-electron chi connectivity index (χ3n) is 7.47. The van der Waals surface area contributed by atoms with Crippen LogP contribution in [0.4, 0.5) is 4.79 Å². The van der Waals surface area contributed by atoms with Crippen molar-refractivity contribution in [2.45, 2.75) is 44.2 Å². The van der Waals surface area contributed by atoms with Crippen LogP contribution in [0.3, 0.4) is 0 Å². The summed E-state index contributed by atoms with van der Waals surface area (Å²) in [7, 11) is 1.66. The lowest BCUT2D eigenvalue weighted by atomic mass is 9.85. The van der Waals surface area contributed by atoms with Crippen molar-refractivity contribution in [2.75, 3.05) is 33.3 Å². The molecule has 0 bridgehead atoms. The van der Waals surface area contributed by atoms with Gasteiger partial charge in [-0.2, -0.15) is 0 Å². The van der Waals surface area contributed by atoms with Crippen molar-refractivity contribution in [3.63, 3.8) is 0 Å². The number of nitrogens with zero attached hydrogens (tertiary/aromatic N) is 3. The summed E-state index contributed by atoms with van der Waals surface area (Å²) >= 11 is 0. The first-order chi connectivity index (χ1) is 16.1. The molecule has 2 heterocycles. The molecule has 0 unspecified atom stereocenters. The van der Waals surface area contributed by atoms with Gasteiger partial charge in [-0.15, -0.1) is 0 Å². The Morgan fingerprint density at radius 2 is 1.64 bits per heavy atom. The summed E-state index contributed by atoms with van der Waals surface area (Å²) < 4.78 is 5.26. The van der Waals surface area contributed by atoms with Crippen LogP contribution in [0, 0.1) is 5.92 Å². The Hall–Kier alpha value is -2.86. The predicted octanol–water partition coefficient (Wildman–Crippen LogP) is 3.95. The van der Waals surface area contributed by atoms with E-state index in [2.05, 4.69) is 29.2 Å². The molecule has 2 aromatic carbocycles. The van der Waals surface area contributed by atoms with Gasteiger partial charge in [0.25, 0.3) is 5.91 Å². The zero-order valence-corrected chi connectivity index (χ0v) is 19.4. The van der Waals surface area contributed by atoms with Crippen LogP contribution in [0.15, 0.2) is 54.6 Å². The summed E-state index contributed by atoms with van der Waals surface area (Å²) in [5, 5.41) is 0. The van der Waals surface area contributed by atoms with Crippen molar-refractivity contribution < 1.29 is 14.3 Å². The molecule has 0 N–H and O–H groups in total. The average Bonchev–Trinajstić information content (AvgIpc) is 3.65. The topological polar surface area (TPSA) is 53.1 Å². The fourth-order valence-corrected chi connectivity index (χ4v) is 5.25. The van der Waals surface area contributed by atoms with E-state index >= 15 is 0 Å². The number of piperidine rings is 1. The Labute approximate surface area is 196 Å². The van der Waals surface area contributed by atoms with Crippen LogP contribution < -0.4 is 4.74 Å².